The normalized spacial score (nSPS) is 24.3. The van der Waals surface area contributed by atoms with E-state index in [1.807, 2.05) is 80.6 Å². The molecule has 0 aliphatic carbocycles. The van der Waals surface area contributed by atoms with Crippen LogP contribution in [0.1, 0.15) is 49.8 Å². The van der Waals surface area contributed by atoms with E-state index in [1.54, 1.807) is 4.90 Å². The molecule has 208 valence electrons. The molecule has 39 heavy (non-hydrogen) atoms. The molecule has 4 atom stereocenters. The second-order valence-corrected chi connectivity index (χ2v) is 11.1. The van der Waals surface area contributed by atoms with Gasteiger partial charge in [-0.1, -0.05) is 80.6 Å². The van der Waals surface area contributed by atoms with Gasteiger partial charge in [-0.25, -0.2) is 0 Å². The van der Waals surface area contributed by atoms with Gasteiger partial charge in [0.25, 0.3) is 0 Å². The van der Waals surface area contributed by atoms with Gasteiger partial charge < -0.3 is 20.1 Å². The van der Waals surface area contributed by atoms with E-state index in [4.69, 9.17) is 4.74 Å². The Morgan fingerprint density at radius 2 is 1.67 bits per heavy atom. The fourth-order valence-electron chi connectivity index (χ4n) is 5.33. The molecule has 0 spiro atoms. The number of rotatable bonds is 6. The maximum atomic E-state index is 13.5. The third-order valence-corrected chi connectivity index (χ3v) is 7.88. The van der Waals surface area contributed by atoms with Crippen molar-refractivity contribution in [1.29, 1.82) is 0 Å². The lowest BCUT2D eigenvalue weighted by Gasteiger charge is -2.37. The number of allylic oxidation sites excluding steroid dienone is 2. The van der Waals surface area contributed by atoms with Gasteiger partial charge in [0.15, 0.2) is 0 Å². The summed E-state index contributed by atoms with van der Waals surface area (Å²) in [7, 11) is 0. The Labute approximate surface area is 231 Å². The van der Waals surface area contributed by atoms with Crippen molar-refractivity contribution in [2.75, 3.05) is 13.2 Å². The summed E-state index contributed by atoms with van der Waals surface area (Å²) in [6.07, 6.45) is 5.94. The number of aliphatic hydroxyl groups is 1. The lowest BCUT2D eigenvalue weighted by molar-refractivity contribution is -0.150. The van der Waals surface area contributed by atoms with Crippen molar-refractivity contribution in [2.45, 2.75) is 64.6 Å². The zero-order valence-electron chi connectivity index (χ0n) is 22.9. The summed E-state index contributed by atoms with van der Waals surface area (Å²) in [4.78, 5) is 41.6. The van der Waals surface area contributed by atoms with E-state index in [0.29, 0.717) is 32.2 Å². The van der Waals surface area contributed by atoms with Crippen molar-refractivity contribution in [1.82, 2.24) is 10.2 Å². The van der Waals surface area contributed by atoms with E-state index in [2.05, 4.69) is 5.32 Å². The molecule has 0 fully saturated rings. The summed E-state index contributed by atoms with van der Waals surface area (Å²) in [5.41, 5.74) is 3.29. The number of cyclic esters (lactones) is 1. The van der Waals surface area contributed by atoms with Gasteiger partial charge >= 0.3 is 5.97 Å². The average molecular weight is 533 g/mol. The van der Waals surface area contributed by atoms with Gasteiger partial charge in [0.2, 0.25) is 11.8 Å². The van der Waals surface area contributed by atoms with E-state index in [1.165, 1.54) is 0 Å². The van der Waals surface area contributed by atoms with Crippen molar-refractivity contribution in [3.8, 4) is 0 Å². The molecule has 2 N–H and O–H groups in total. The van der Waals surface area contributed by atoms with Crippen LogP contribution in [0.4, 0.5) is 0 Å². The lowest BCUT2D eigenvalue weighted by Crippen LogP contribution is -2.49. The highest BCUT2D eigenvalue weighted by Crippen LogP contribution is 2.26. The topological polar surface area (TPSA) is 95.9 Å². The Morgan fingerprint density at radius 1 is 1.00 bits per heavy atom. The molecule has 0 saturated heterocycles. The number of carbonyl (C=O) groups is 3. The molecule has 0 bridgehead atoms. The molecule has 7 nitrogen and oxygen atoms in total. The molecule has 7 heteroatoms. The van der Waals surface area contributed by atoms with Crippen LogP contribution in [0.15, 0.2) is 66.7 Å². The van der Waals surface area contributed by atoms with Crippen LogP contribution in [0.2, 0.25) is 0 Å². The number of amides is 2. The smallest absolute Gasteiger partial charge is 0.309 e. The van der Waals surface area contributed by atoms with Crippen molar-refractivity contribution < 1.29 is 24.2 Å². The monoisotopic (exact) mass is 532 g/mol. The van der Waals surface area contributed by atoms with Crippen LogP contribution in [0.5, 0.6) is 0 Å². The molecule has 2 amide bonds. The number of benzene rings is 2. The second kappa shape index (κ2) is 13.6. The molecule has 2 aromatic carbocycles. The molecule has 4 rings (SSSR count). The lowest BCUT2D eigenvalue weighted by atomic mass is 9.91. The molecule has 0 saturated carbocycles. The predicted octanol–water partition coefficient (Wildman–Crippen LogP) is 3.83. The molecule has 2 heterocycles. The number of aliphatic hydroxyl groups excluding tert-OH is 1. The summed E-state index contributed by atoms with van der Waals surface area (Å²) in [6.45, 7) is 4.34. The van der Waals surface area contributed by atoms with Crippen molar-refractivity contribution in [3.05, 3.63) is 83.4 Å². The van der Waals surface area contributed by atoms with Crippen LogP contribution in [0.3, 0.4) is 0 Å². The van der Waals surface area contributed by atoms with Gasteiger partial charge in [0.1, 0.15) is 6.61 Å². The first-order valence-corrected chi connectivity index (χ1v) is 14.0. The fourth-order valence-corrected chi connectivity index (χ4v) is 5.33. The highest BCUT2D eigenvalue weighted by atomic mass is 16.5. The Balaban J connectivity index is 1.50. The van der Waals surface area contributed by atoms with Crippen LogP contribution >= 0.6 is 0 Å². The van der Waals surface area contributed by atoms with Crippen LogP contribution < -0.4 is 5.32 Å². The maximum absolute atomic E-state index is 13.5. The highest BCUT2D eigenvalue weighted by Gasteiger charge is 2.33. The molecule has 0 unspecified atom stereocenters. The number of nitrogens with one attached hydrogen (secondary N) is 1. The minimum atomic E-state index is -0.561. The van der Waals surface area contributed by atoms with E-state index in [0.717, 1.165) is 16.7 Å². The Hall–Kier alpha value is -3.45. The van der Waals surface area contributed by atoms with Crippen LogP contribution in [-0.2, 0) is 38.5 Å². The predicted molar refractivity (Wildman–Crippen MR) is 149 cm³/mol. The van der Waals surface area contributed by atoms with E-state index in [-0.39, 0.29) is 61.3 Å². The number of esters is 1. The molecular formula is C32H40N2O5. The van der Waals surface area contributed by atoms with Crippen LogP contribution in [0.25, 0.3) is 0 Å². The molecule has 2 aliphatic rings. The number of fused-ring (bicyclic) bond motifs is 1. The number of carbonyl (C=O) groups excluding carboxylic acids is 3. The molecule has 0 radical (unpaired) electrons. The highest BCUT2D eigenvalue weighted by molar-refractivity contribution is 5.86. The Morgan fingerprint density at radius 3 is 2.36 bits per heavy atom. The zero-order valence-corrected chi connectivity index (χ0v) is 22.9. The molecule has 2 aliphatic heterocycles. The van der Waals surface area contributed by atoms with E-state index < -0.39 is 5.92 Å². The largest absolute Gasteiger partial charge is 0.463 e. The van der Waals surface area contributed by atoms with Gasteiger partial charge in [-0.05, 0) is 48.3 Å². The first-order valence-electron chi connectivity index (χ1n) is 14.0. The number of hydrogen-bond acceptors (Lipinski definition) is 5. The third-order valence-electron chi connectivity index (χ3n) is 7.88. The van der Waals surface area contributed by atoms with Crippen molar-refractivity contribution >= 4 is 17.8 Å². The van der Waals surface area contributed by atoms with Gasteiger partial charge in [-0.3, -0.25) is 14.4 Å². The molecule has 2 aromatic rings. The third kappa shape index (κ3) is 7.57. The summed E-state index contributed by atoms with van der Waals surface area (Å²) in [5, 5.41) is 13.1. The number of nitrogens with zero attached hydrogens (tertiary/aromatic N) is 1. The maximum Gasteiger partial charge on any atom is 0.309 e. The quantitative estimate of drug-likeness (QED) is 0.436. The summed E-state index contributed by atoms with van der Waals surface area (Å²) in [5.74, 6) is -1.47. The SMILES string of the molecule is CC(C)[C@H]1COC(=O)[C@H](Cc2ccccc2)CC=CC[C@H](CC(=O)N2Cc3ccccc3C[C@H]2CO)C(=O)N1. The first kappa shape index (κ1) is 28.6. The van der Waals surface area contributed by atoms with Crippen molar-refractivity contribution in [2.24, 2.45) is 17.8 Å². The minimum Gasteiger partial charge on any atom is -0.463 e. The summed E-state index contributed by atoms with van der Waals surface area (Å²) < 4.78 is 5.70. The van der Waals surface area contributed by atoms with E-state index >= 15 is 0 Å². The fraction of sp³-hybridized carbons (Fsp3) is 0.469. The minimum absolute atomic E-state index is 0.0431. The van der Waals surface area contributed by atoms with Crippen molar-refractivity contribution in [3.63, 3.8) is 0 Å². The zero-order chi connectivity index (χ0) is 27.8. The summed E-state index contributed by atoms with van der Waals surface area (Å²) >= 11 is 0. The van der Waals surface area contributed by atoms with Gasteiger partial charge in [0.05, 0.1) is 30.5 Å². The van der Waals surface area contributed by atoms with Gasteiger partial charge in [-0.15, -0.1) is 0 Å². The van der Waals surface area contributed by atoms with E-state index in [9.17, 15) is 19.5 Å². The first-order chi connectivity index (χ1) is 18.9. The second-order valence-electron chi connectivity index (χ2n) is 11.1. The van der Waals surface area contributed by atoms with Crippen LogP contribution in [0, 0.1) is 17.8 Å². The number of hydrogen-bond donors (Lipinski definition) is 2. The molecule has 0 aromatic heterocycles. The number of ether oxygens (including phenoxy) is 1. The average Bonchev–Trinajstić information content (AvgIpc) is 2.94. The standard InChI is InChI=1S/C32H40N2O5/c1-22(2)29-21-39-32(38)26(16-23-10-4-3-5-11-23)14-8-7-13-25(31(37)33-29)18-30(36)34-19-27-15-9-6-12-24(27)17-28(34)20-35/h3-12,15,22,25-26,28-29,35H,13-14,16-21H2,1-2H3,(H,33,37)/t25-,26+,28+,29-/m1/s1. The Bertz CT molecular complexity index is 1160. The molecular weight excluding hydrogens is 492 g/mol. The summed E-state index contributed by atoms with van der Waals surface area (Å²) in [6, 6.07) is 17.2. The van der Waals surface area contributed by atoms with Crippen LogP contribution in [-0.4, -0.2) is 53.1 Å². The van der Waals surface area contributed by atoms with Gasteiger partial charge in [0, 0.05) is 13.0 Å². The Kier molecular flexibility index (Phi) is 9.93. The van der Waals surface area contributed by atoms with Gasteiger partial charge in [-0.2, -0.15) is 0 Å².